The number of alkyl halides is 2. The Morgan fingerprint density at radius 3 is 2.57 bits per heavy atom. The summed E-state index contributed by atoms with van der Waals surface area (Å²) in [4.78, 5) is 29.2. The van der Waals surface area contributed by atoms with E-state index < -0.39 is 37.1 Å². The molecule has 2 amide bonds. The summed E-state index contributed by atoms with van der Waals surface area (Å²) in [5.74, 6) is -2.76. The Hall–Kier alpha value is -2.65. The number of hydrogen-bond donors (Lipinski definition) is 2. The van der Waals surface area contributed by atoms with Gasteiger partial charge in [-0.15, -0.1) is 0 Å². The minimum atomic E-state index is -2.73. The summed E-state index contributed by atoms with van der Waals surface area (Å²) in [6, 6.07) is 2.17. The molecule has 1 saturated heterocycles. The first kappa shape index (κ1) is 18.7. The van der Waals surface area contributed by atoms with E-state index in [1.54, 1.807) is 6.07 Å². The van der Waals surface area contributed by atoms with Gasteiger partial charge in [0.05, 0.1) is 19.7 Å². The number of nitrogens with zero attached hydrogens (tertiary/aromatic N) is 2. The van der Waals surface area contributed by atoms with E-state index in [0.717, 1.165) is 25.7 Å². The van der Waals surface area contributed by atoms with E-state index in [1.165, 1.54) is 11.0 Å². The van der Waals surface area contributed by atoms with Crippen molar-refractivity contribution in [1.29, 1.82) is 0 Å². The highest BCUT2D eigenvalue weighted by Crippen LogP contribution is 2.39. The highest BCUT2D eigenvalue weighted by atomic mass is 19.3. The number of ether oxygens (including phenoxy) is 2. The molecule has 2 heterocycles. The molecule has 4 rings (SSSR count). The number of anilines is 1. The fourth-order valence-electron chi connectivity index (χ4n) is 3.09. The highest BCUT2D eigenvalue weighted by Gasteiger charge is 2.45. The average Bonchev–Trinajstić information content (AvgIpc) is 3.50. The number of rotatable bonds is 8. The predicted molar refractivity (Wildman–Crippen MR) is 94.5 cm³/mol. The van der Waals surface area contributed by atoms with Crippen LogP contribution in [0.3, 0.4) is 0 Å². The number of halogens is 2. The number of nitrogens with two attached hydrogens (primary N) is 1. The molecule has 8 nitrogen and oxygen atoms in total. The molecule has 1 aromatic rings. The molecule has 0 radical (unpaired) electrons. The molecule has 2 aliphatic carbocycles. The average molecular weight is 396 g/mol. The summed E-state index contributed by atoms with van der Waals surface area (Å²) < 4.78 is 37.3. The van der Waals surface area contributed by atoms with Gasteiger partial charge in [0, 0.05) is 6.07 Å². The minimum Gasteiger partial charge on any atom is -0.476 e. The maximum absolute atomic E-state index is 13.2. The van der Waals surface area contributed by atoms with Gasteiger partial charge in [0.1, 0.15) is 11.7 Å². The van der Waals surface area contributed by atoms with E-state index in [1.807, 2.05) is 0 Å². The fourth-order valence-corrected chi connectivity index (χ4v) is 3.09. The van der Waals surface area contributed by atoms with Crippen molar-refractivity contribution in [2.75, 3.05) is 24.6 Å². The van der Waals surface area contributed by atoms with Crippen molar-refractivity contribution < 1.29 is 27.8 Å². The van der Waals surface area contributed by atoms with Gasteiger partial charge in [0.15, 0.2) is 0 Å². The molecule has 3 fully saturated rings. The molecule has 152 valence electrons. The number of hydrogen-bond acceptors (Lipinski definition) is 6. The topological polar surface area (TPSA) is 107 Å². The van der Waals surface area contributed by atoms with Gasteiger partial charge < -0.3 is 25.4 Å². The lowest BCUT2D eigenvalue weighted by molar-refractivity contribution is -0.120. The molecule has 1 aliphatic heterocycles. The van der Waals surface area contributed by atoms with Gasteiger partial charge in [-0.3, -0.25) is 4.79 Å². The van der Waals surface area contributed by atoms with E-state index >= 15 is 0 Å². The van der Waals surface area contributed by atoms with E-state index in [0.29, 0.717) is 18.2 Å². The van der Waals surface area contributed by atoms with Crippen molar-refractivity contribution in [2.24, 2.45) is 17.6 Å². The molecule has 0 aromatic carbocycles. The quantitative estimate of drug-likeness (QED) is 0.692. The van der Waals surface area contributed by atoms with Gasteiger partial charge in [-0.05, 0) is 43.6 Å². The highest BCUT2D eigenvalue weighted by molar-refractivity contribution is 5.85. The third-order valence-electron chi connectivity index (χ3n) is 5.02. The molecular weight excluding hydrogens is 374 g/mol. The van der Waals surface area contributed by atoms with E-state index in [2.05, 4.69) is 10.3 Å². The van der Waals surface area contributed by atoms with E-state index in [-0.39, 0.29) is 17.7 Å². The van der Waals surface area contributed by atoms with Gasteiger partial charge in [-0.25, -0.2) is 13.6 Å². The molecule has 28 heavy (non-hydrogen) atoms. The number of amides is 2. The number of aromatic nitrogens is 1. The molecule has 1 aromatic heterocycles. The zero-order chi connectivity index (χ0) is 19.9. The van der Waals surface area contributed by atoms with Crippen molar-refractivity contribution in [3.05, 3.63) is 12.1 Å². The molecule has 1 unspecified atom stereocenters. The molecule has 0 bridgehead atoms. The Morgan fingerprint density at radius 2 is 2.00 bits per heavy atom. The van der Waals surface area contributed by atoms with Crippen LogP contribution in [0.5, 0.6) is 11.8 Å². The Morgan fingerprint density at radius 1 is 1.29 bits per heavy atom. The molecule has 1 atom stereocenters. The number of primary amides is 1. The van der Waals surface area contributed by atoms with Crippen LogP contribution >= 0.6 is 0 Å². The zero-order valence-corrected chi connectivity index (χ0v) is 15.2. The van der Waals surface area contributed by atoms with Crippen molar-refractivity contribution in [3.8, 4) is 11.8 Å². The van der Waals surface area contributed by atoms with Crippen LogP contribution in [0, 0.1) is 11.8 Å². The lowest BCUT2D eigenvalue weighted by Gasteiger charge is -2.40. The lowest BCUT2D eigenvalue weighted by Crippen LogP contribution is -2.56. The van der Waals surface area contributed by atoms with E-state index in [4.69, 9.17) is 15.2 Å². The maximum atomic E-state index is 13.2. The largest absolute Gasteiger partial charge is 0.476 e. The van der Waals surface area contributed by atoms with Crippen molar-refractivity contribution in [1.82, 2.24) is 10.3 Å². The number of carbonyl (C=O) groups is 2. The van der Waals surface area contributed by atoms with Crippen LogP contribution in [0.25, 0.3) is 0 Å². The Bertz CT molecular complexity index is 775. The molecule has 3 aliphatic rings. The van der Waals surface area contributed by atoms with Crippen LogP contribution in [0.4, 0.5) is 19.3 Å². The smallest absolute Gasteiger partial charge is 0.414 e. The monoisotopic (exact) mass is 396 g/mol. The van der Waals surface area contributed by atoms with Crippen LogP contribution in [-0.2, 0) is 4.79 Å². The summed E-state index contributed by atoms with van der Waals surface area (Å²) >= 11 is 0. The Kier molecular flexibility index (Phi) is 4.72. The minimum absolute atomic E-state index is 0.0332. The second kappa shape index (κ2) is 7.06. The zero-order valence-electron chi connectivity index (χ0n) is 15.2. The van der Waals surface area contributed by atoms with Crippen LogP contribution in [-0.4, -0.2) is 48.6 Å². The SMILES string of the molecule is NC(=O)C(NC(=O)Oc1ccc(N2CC(F)(F)C2)c(OCC2CC2)n1)C1CC1. The normalized spacial score (nSPS) is 21.4. The molecule has 10 heteroatoms. The fraction of sp³-hybridized carbons (Fsp3) is 0.611. The van der Waals surface area contributed by atoms with Gasteiger partial charge >= 0.3 is 6.09 Å². The van der Waals surface area contributed by atoms with Gasteiger partial charge in [-0.2, -0.15) is 4.98 Å². The lowest BCUT2D eigenvalue weighted by atomic mass is 10.1. The van der Waals surface area contributed by atoms with Crippen LogP contribution in [0.2, 0.25) is 0 Å². The first-order valence-corrected chi connectivity index (χ1v) is 9.35. The number of nitrogens with one attached hydrogen (secondary N) is 1. The standard InChI is InChI=1S/C18H22F2N4O4/c19-18(20)8-24(9-18)12-5-6-13(22-16(12)27-7-10-1-2-10)28-17(26)23-14(15(21)25)11-3-4-11/h5-6,10-11,14H,1-4,7-9H2,(H2,21,25)(H,23,26). The van der Waals surface area contributed by atoms with Gasteiger partial charge in [0.2, 0.25) is 17.7 Å². The van der Waals surface area contributed by atoms with Crippen LogP contribution in [0.15, 0.2) is 12.1 Å². The molecule has 2 saturated carbocycles. The van der Waals surface area contributed by atoms with Crippen LogP contribution in [0.1, 0.15) is 25.7 Å². The summed E-state index contributed by atoms with van der Waals surface area (Å²) in [6.07, 6.45) is 2.91. The second-order valence-electron chi connectivity index (χ2n) is 7.69. The number of pyridine rings is 1. The summed E-state index contributed by atoms with van der Waals surface area (Å²) in [5, 5.41) is 2.45. The predicted octanol–water partition coefficient (Wildman–Crippen LogP) is 1.68. The van der Waals surface area contributed by atoms with Crippen molar-refractivity contribution in [3.63, 3.8) is 0 Å². The molecular formula is C18H22F2N4O4. The first-order chi connectivity index (χ1) is 13.3. The molecule has 0 spiro atoms. The second-order valence-corrected chi connectivity index (χ2v) is 7.69. The van der Waals surface area contributed by atoms with Crippen molar-refractivity contribution >= 4 is 17.7 Å². The third-order valence-corrected chi connectivity index (χ3v) is 5.02. The maximum Gasteiger partial charge on any atom is 0.414 e. The van der Waals surface area contributed by atoms with Gasteiger partial charge in [0.25, 0.3) is 5.92 Å². The Labute approximate surface area is 160 Å². The number of carbonyl (C=O) groups excluding carboxylic acids is 2. The van der Waals surface area contributed by atoms with Crippen LogP contribution < -0.4 is 25.4 Å². The summed E-state index contributed by atoms with van der Waals surface area (Å²) in [7, 11) is 0. The van der Waals surface area contributed by atoms with E-state index in [9.17, 15) is 18.4 Å². The van der Waals surface area contributed by atoms with Crippen molar-refractivity contribution in [2.45, 2.75) is 37.6 Å². The van der Waals surface area contributed by atoms with Gasteiger partial charge in [-0.1, -0.05) is 0 Å². The molecule has 3 N–H and O–H groups in total. The Balaban J connectivity index is 1.43. The summed E-state index contributed by atoms with van der Waals surface area (Å²) in [5.41, 5.74) is 5.74. The summed E-state index contributed by atoms with van der Waals surface area (Å²) in [6.45, 7) is -0.376. The first-order valence-electron chi connectivity index (χ1n) is 9.35. The third kappa shape index (κ3) is 4.42.